The zero-order valence-electron chi connectivity index (χ0n) is 15.8. The van der Waals surface area contributed by atoms with E-state index in [0.717, 1.165) is 16.3 Å². The molecule has 2 rings (SSSR count). The van der Waals surface area contributed by atoms with Gasteiger partial charge in [0.15, 0.2) is 0 Å². The number of hydrogen-bond acceptors (Lipinski definition) is 5. The lowest BCUT2D eigenvalue weighted by Crippen LogP contribution is -2.36. The maximum Gasteiger partial charge on any atom is 0.255 e. The van der Waals surface area contributed by atoms with Crippen molar-refractivity contribution < 1.29 is 17.9 Å². The first-order valence-electron chi connectivity index (χ1n) is 8.48. The standard InChI is InChI=1S/C19H22ClN3O4S/c1-4-14-5-7-15(8-6-14)12-21-22-19(24)13-23(2)28(25,26)16-9-10-18(27-3)17(20)11-16/h5-12H,4,13H2,1-3H3,(H,22,24). The molecule has 28 heavy (non-hydrogen) atoms. The zero-order chi connectivity index (χ0) is 20.7. The number of sulfonamides is 1. The molecule has 2 aromatic rings. The van der Waals surface area contributed by atoms with Crippen LogP contribution >= 0.6 is 11.6 Å². The Morgan fingerprint density at radius 2 is 1.93 bits per heavy atom. The van der Waals surface area contributed by atoms with Crippen molar-refractivity contribution in [2.75, 3.05) is 20.7 Å². The summed E-state index contributed by atoms with van der Waals surface area (Å²) in [5, 5.41) is 4.02. The van der Waals surface area contributed by atoms with Crippen LogP contribution in [-0.4, -0.2) is 45.5 Å². The van der Waals surface area contributed by atoms with Crippen LogP contribution in [0.2, 0.25) is 5.02 Å². The second-order valence-electron chi connectivity index (χ2n) is 5.95. The second-order valence-corrected chi connectivity index (χ2v) is 8.40. The number of carbonyl (C=O) groups is 1. The number of benzene rings is 2. The Labute approximate surface area is 170 Å². The molecular weight excluding hydrogens is 402 g/mol. The van der Waals surface area contributed by atoms with Gasteiger partial charge < -0.3 is 4.74 Å². The Kier molecular flexibility index (Phi) is 7.56. The molecule has 150 valence electrons. The van der Waals surface area contributed by atoms with Crippen LogP contribution in [0.5, 0.6) is 5.75 Å². The molecule has 0 aliphatic carbocycles. The third kappa shape index (κ3) is 5.54. The smallest absolute Gasteiger partial charge is 0.255 e. The molecule has 0 unspecified atom stereocenters. The van der Waals surface area contributed by atoms with Crippen LogP contribution < -0.4 is 10.2 Å². The molecule has 0 aliphatic rings. The maximum absolute atomic E-state index is 12.6. The predicted molar refractivity (Wildman–Crippen MR) is 109 cm³/mol. The summed E-state index contributed by atoms with van der Waals surface area (Å²) in [7, 11) is -1.14. The first-order chi connectivity index (χ1) is 13.3. The quantitative estimate of drug-likeness (QED) is 0.522. The molecule has 1 amide bonds. The molecule has 0 bridgehead atoms. The summed E-state index contributed by atoms with van der Waals surface area (Å²) >= 11 is 5.99. The van der Waals surface area contributed by atoms with Crippen LogP contribution in [-0.2, 0) is 21.2 Å². The molecule has 0 saturated carbocycles. The molecule has 0 saturated heterocycles. The number of hydrogen-bond donors (Lipinski definition) is 1. The SMILES string of the molecule is CCc1ccc(C=NNC(=O)CN(C)S(=O)(=O)c2ccc(OC)c(Cl)c2)cc1. The van der Waals surface area contributed by atoms with E-state index in [1.807, 2.05) is 24.3 Å². The van der Waals surface area contributed by atoms with Crippen molar-refractivity contribution in [3.05, 3.63) is 58.6 Å². The highest BCUT2D eigenvalue weighted by Gasteiger charge is 2.23. The number of ether oxygens (including phenoxy) is 1. The maximum atomic E-state index is 12.6. The van der Waals surface area contributed by atoms with Crippen molar-refractivity contribution in [3.63, 3.8) is 0 Å². The van der Waals surface area contributed by atoms with Crippen molar-refractivity contribution in [3.8, 4) is 5.75 Å². The van der Waals surface area contributed by atoms with Crippen molar-refractivity contribution in [1.82, 2.24) is 9.73 Å². The van der Waals surface area contributed by atoms with E-state index in [-0.39, 0.29) is 9.92 Å². The molecule has 0 spiro atoms. The van der Waals surface area contributed by atoms with E-state index in [4.69, 9.17) is 16.3 Å². The van der Waals surface area contributed by atoms with E-state index in [1.165, 1.54) is 44.1 Å². The minimum absolute atomic E-state index is 0.0342. The first-order valence-corrected chi connectivity index (χ1v) is 10.3. The summed E-state index contributed by atoms with van der Waals surface area (Å²) in [6, 6.07) is 11.8. The molecule has 7 nitrogen and oxygen atoms in total. The van der Waals surface area contributed by atoms with Crippen molar-refractivity contribution in [2.24, 2.45) is 5.10 Å². The Balaban J connectivity index is 1.98. The van der Waals surface area contributed by atoms with Gasteiger partial charge in [0.25, 0.3) is 5.91 Å². The van der Waals surface area contributed by atoms with Crippen molar-refractivity contribution >= 4 is 33.7 Å². The Hall–Kier alpha value is -2.42. The Morgan fingerprint density at radius 3 is 2.50 bits per heavy atom. The molecule has 0 atom stereocenters. The third-order valence-corrected chi connectivity index (χ3v) is 6.08. The number of methoxy groups -OCH3 is 1. The number of likely N-dealkylation sites (N-methyl/N-ethyl adjacent to an activating group) is 1. The highest BCUT2D eigenvalue weighted by molar-refractivity contribution is 7.89. The molecule has 1 N–H and O–H groups in total. The number of aryl methyl sites for hydroxylation is 1. The van der Waals surface area contributed by atoms with E-state index in [0.29, 0.717) is 5.75 Å². The summed E-state index contributed by atoms with van der Waals surface area (Å²) in [5.74, 6) is -0.200. The Morgan fingerprint density at radius 1 is 1.25 bits per heavy atom. The lowest BCUT2D eigenvalue weighted by molar-refractivity contribution is -0.121. The third-order valence-electron chi connectivity index (χ3n) is 3.99. The minimum atomic E-state index is -3.89. The normalized spacial score (nSPS) is 11.8. The molecule has 2 aromatic carbocycles. The van der Waals surface area contributed by atoms with Crippen LogP contribution in [0, 0.1) is 0 Å². The summed E-state index contributed by atoms with van der Waals surface area (Å²) < 4.78 is 31.1. The number of hydrazone groups is 1. The lowest BCUT2D eigenvalue weighted by Gasteiger charge is -2.16. The van der Waals surface area contributed by atoms with Crippen LogP contribution in [0.1, 0.15) is 18.1 Å². The predicted octanol–water partition coefficient (Wildman–Crippen LogP) is 2.68. The van der Waals surface area contributed by atoms with Crippen molar-refractivity contribution in [1.29, 1.82) is 0 Å². The van der Waals surface area contributed by atoms with Gasteiger partial charge in [0, 0.05) is 7.05 Å². The van der Waals surface area contributed by atoms with Crippen LogP contribution in [0.3, 0.4) is 0 Å². The summed E-state index contributed by atoms with van der Waals surface area (Å²) in [4.78, 5) is 12.0. The number of halogens is 1. The highest BCUT2D eigenvalue weighted by atomic mass is 35.5. The summed E-state index contributed by atoms with van der Waals surface area (Å²) in [6.07, 6.45) is 2.43. The second kappa shape index (κ2) is 9.68. The van der Waals surface area contributed by atoms with Crippen LogP contribution in [0.25, 0.3) is 0 Å². The molecule has 0 aliphatic heterocycles. The van der Waals surface area contributed by atoms with Crippen LogP contribution in [0.4, 0.5) is 0 Å². The molecule has 0 fully saturated rings. The average Bonchev–Trinajstić information content (AvgIpc) is 2.68. The fourth-order valence-corrected chi connectivity index (χ4v) is 3.80. The van der Waals surface area contributed by atoms with Gasteiger partial charge in [-0.3, -0.25) is 4.79 Å². The van der Waals surface area contributed by atoms with Gasteiger partial charge in [-0.05, 0) is 35.7 Å². The Bertz CT molecular complexity index is 960. The monoisotopic (exact) mass is 423 g/mol. The van der Waals surface area contributed by atoms with E-state index < -0.39 is 22.5 Å². The molecule has 9 heteroatoms. The van der Waals surface area contributed by atoms with Crippen LogP contribution in [0.15, 0.2) is 52.5 Å². The number of amides is 1. The minimum Gasteiger partial charge on any atom is -0.495 e. The molecule has 0 aromatic heterocycles. The highest BCUT2D eigenvalue weighted by Crippen LogP contribution is 2.27. The van der Waals surface area contributed by atoms with E-state index in [2.05, 4.69) is 17.5 Å². The molecule has 0 radical (unpaired) electrons. The van der Waals surface area contributed by atoms with Gasteiger partial charge >= 0.3 is 0 Å². The molecular formula is C19H22ClN3O4S. The first kappa shape index (κ1) is 21.9. The van der Waals surface area contributed by atoms with Gasteiger partial charge in [-0.15, -0.1) is 0 Å². The molecule has 0 heterocycles. The largest absolute Gasteiger partial charge is 0.495 e. The number of nitrogens with one attached hydrogen (secondary N) is 1. The average molecular weight is 424 g/mol. The number of nitrogens with zero attached hydrogens (tertiary/aromatic N) is 2. The van der Waals surface area contributed by atoms with Gasteiger partial charge in [-0.2, -0.15) is 9.41 Å². The fourth-order valence-electron chi connectivity index (χ4n) is 2.33. The van der Waals surface area contributed by atoms with Gasteiger partial charge in [-0.1, -0.05) is 42.8 Å². The van der Waals surface area contributed by atoms with Gasteiger partial charge in [0.2, 0.25) is 10.0 Å². The van der Waals surface area contributed by atoms with E-state index in [1.54, 1.807) is 0 Å². The van der Waals surface area contributed by atoms with Gasteiger partial charge in [-0.25, -0.2) is 13.8 Å². The van der Waals surface area contributed by atoms with Gasteiger partial charge in [0.05, 0.1) is 29.8 Å². The zero-order valence-corrected chi connectivity index (χ0v) is 17.4. The van der Waals surface area contributed by atoms with E-state index in [9.17, 15) is 13.2 Å². The fraction of sp³-hybridized carbons (Fsp3) is 0.263. The van der Waals surface area contributed by atoms with E-state index >= 15 is 0 Å². The topological polar surface area (TPSA) is 88.1 Å². The number of carbonyl (C=O) groups excluding carboxylic acids is 1. The lowest BCUT2D eigenvalue weighted by atomic mass is 10.1. The number of rotatable bonds is 8. The van der Waals surface area contributed by atoms with Crippen molar-refractivity contribution in [2.45, 2.75) is 18.2 Å². The summed E-state index contributed by atoms with van der Waals surface area (Å²) in [6.45, 7) is 1.67. The summed E-state index contributed by atoms with van der Waals surface area (Å²) in [5.41, 5.74) is 4.35. The van der Waals surface area contributed by atoms with Gasteiger partial charge in [0.1, 0.15) is 5.75 Å².